The summed E-state index contributed by atoms with van der Waals surface area (Å²) in [6, 6.07) is 9.75. The van der Waals surface area contributed by atoms with E-state index < -0.39 is 0 Å². The molecule has 1 aliphatic rings. The number of hydrogen-bond donors (Lipinski definition) is 2. The molecule has 0 saturated carbocycles. The van der Waals surface area contributed by atoms with Gasteiger partial charge in [0.1, 0.15) is 5.69 Å². The lowest BCUT2D eigenvalue weighted by Gasteiger charge is -2.34. The first-order valence-electron chi connectivity index (χ1n) is 8.90. The van der Waals surface area contributed by atoms with Crippen LogP contribution in [0.1, 0.15) is 43.2 Å². The smallest absolute Gasteiger partial charge is 0.274 e. The van der Waals surface area contributed by atoms with Crippen LogP contribution < -0.4 is 10.2 Å². The molecule has 25 heavy (non-hydrogen) atoms. The number of aliphatic hydroxyl groups excluding tert-OH is 1. The average molecular weight is 342 g/mol. The normalized spacial score (nSPS) is 15.6. The summed E-state index contributed by atoms with van der Waals surface area (Å²) >= 11 is 0. The predicted molar refractivity (Wildman–Crippen MR) is 99.0 cm³/mol. The van der Waals surface area contributed by atoms with E-state index in [4.69, 9.17) is 0 Å². The molecule has 3 rings (SSSR count). The quantitative estimate of drug-likeness (QED) is 0.876. The highest BCUT2D eigenvalue weighted by molar-refractivity contribution is 6.04. The molecule has 0 radical (unpaired) electrons. The van der Waals surface area contributed by atoms with E-state index >= 15 is 0 Å². The number of aromatic nitrogens is 2. The number of aliphatic hydroxyl groups is 1. The number of amides is 1. The first kappa shape index (κ1) is 17.5. The second kappa shape index (κ2) is 7.70. The third-order valence-corrected chi connectivity index (χ3v) is 4.76. The minimum absolute atomic E-state index is 0.128. The maximum Gasteiger partial charge on any atom is 0.274 e. The van der Waals surface area contributed by atoms with Gasteiger partial charge in [0.25, 0.3) is 5.91 Å². The van der Waals surface area contributed by atoms with Gasteiger partial charge in [-0.05, 0) is 50.8 Å². The van der Waals surface area contributed by atoms with Crippen LogP contribution in [0.25, 0.3) is 0 Å². The van der Waals surface area contributed by atoms with Crippen LogP contribution in [0.3, 0.4) is 0 Å². The van der Waals surface area contributed by atoms with E-state index in [0.29, 0.717) is 11.6 Å². The number of nitrogens with zero attached hydrogens (tertiary/aromatic N) is 3. The Morgan fingerprint density at radius 2 is 2.00 bits per heavy atom. The molecule has 1 fully saturated rings. The number of rotatable bonds is 5. The molecule has 0 spiro atoms. The number of carbonyl (C=O) groups excluding carboxylic acids is 1. The highest BCUT2D eigenvalue weighted by Gasteiger charge is 2.22. The van der Waals surface area contributed by atoms with Crippen LogP contribution in [0.4, 0.5) is 11.4 Å². The largest absolute Gasteiger partial charge is 0.396 e. The molecule has 1 saturated heterocycles. The summed E-state index contributed by atoms with van der Waals surface area (Å²) in [7, 11) is 0. The summed E-state index contributed by atoms with van der Waals surface area (Å²) in [5.74, 6) is 0.238. The number of piperidine rings is 1. The van der Waals surface area contributed by atoms with E-state index in [1.807, 2.05) is 38.1 Å². The zero-order valence-electron chi connectivity index (χ0n) is 14.9. The van der Waals surface area contributed by atoms with Crippen LogP contribution >= 0.6 is 0 Å². The Morgan fingerprint density at radius 1 is 1.28 bits per heavy atom. The van der Waals surface area contributed by atoms with E-state index in [2.05, 4.69) is 15.3 Å². The highest BCUT2D eigenvalue weighted by atomic mass is 16.3. The summed E-state index contributed by atoms with van der Waals surface area (Å²) in [5.41, 5.74) is 2.40. The van der Waals surface area contributed by atoms with Crippen LogP contribution in [0, 0.1) is 5.92 Å². The van der Waals surface area contributed by atoms with Crippen molar-refractivity contribution in [1.82, 2.24) is 9.78 Å². The third-order valence-electron chi connectivity index (χ3n) is 4.76. The molecule has 1 amide bonds. The molecular weight excluding hydrogens is 316 g/mol. The van der Waals surface area contributed by atoms with Crippen LogP contribution in [-0.4, -0.2) is 40.5 Å². The van der Waals surface area contributed by atoms with Crippen molar-refractivity contribution in [3.63, 3.8) is 0 Å². The van der Waals surface area contributed by atoms with Crippen LogP contribution in [0.15, 0.2) is 36.5 Å². The predicted octanol–water partition coefficient (Wildman–Crippen LogP) is 2.93. The number of para-hydroxylation sites is 2. The summed E-state index contributed by atoms with van der Waals surface area (Å²) < 4.78 is 1.73. The lowest BCUT2D eigenvalue weighted by Crippen LogP contribution is -2.35. The molecule has 2 aromatic rings. The molecule has 6 heteroatoms. The molecule has 134 valence electrons. The number of nitrogens with one attached hydrogen (secondary N) is 1. The Hall–Kier alpha value is -2.34. The summed E-state index contributed by atoms with van der Waals surface area (Å²) in [5, 5.41) is 16.6. The molecular formula is C19H26N4O2. The first-order chi connectivity index (χ1) is 12.1. The van der Waals surface area contributed by atoms with Gasteiger partial charge in [-0.25, -0.2) is 0 Å². The highest BCUT2D eigenvalue weighted by Crippen LogP contribution is 2.30. The van der Waals surface area contributed by atoms with Gasteiger partial charge in [-0.1, -0.05) is 12.1 Å². The van der Waals surface area contributed by atoms with Crippen molar-refractivity contribution >= 4 is 17.3 Å². The van der Waals surface area contributed by atoms with Gasteiger partial charge in [-0.2, -0.15) is 5.10 Å². The van der Waals surface area contributed by atoms with Crippen LogP contribution in [0.5, 0.6) is 0 Å². The van der Waals surface area contributed by atoms with Gasteiger partial charge in [0, 0.05) is 31.9 Å². The first-order valence-corrected chi connectivity index (χ1v) is 8.90. The molecule has 2 heterocycles. The van der Waals surface area contributed by atoms with Crippen molar-refractivity contribution in [3.05, 3.63) is 42.2 Å². The fourth-order valence-corrected chi connectivity index (χ4v) is 3.30. The summed E-state index contributed by atoms with van der Waals surface area (Å²) in [4.78, 5) is 15.0. The fourth-order valence-electron chi connectivity index (χ4n) is 3.30. The number of anilines is 2. The second-order valence-corrected chi connectivity index (χ2v) is 6.84. The Balaban J connectivity index is 1.77. The Kier molecular flexibility index (Phi) is 5.38. The van der Waals surface area contributed by atoms with Crippen molar-refractivity contribution < 1.29 is 9.90 Å². The molecule has 0 aliphatic carbocycles. The molecule has 0 unspecified atom stereocenters. The molecule has 2 N–H and O–H groups in total. The molecule has 1 aromatic carbocycles. The number of carbonyl (C=O) groups is 1. The van der Waals surface area contributed by atoms with E-state index in [1.165, 1.54) is 0 Å². The van der Waals surface area contributed by atoms with E-state index in [1.54, 1.807) is 16.9 Å². The SMILES string of the molecule is CC(C)n1nccc1C(=O)Nc1ccccc1N1CCC(CO)CC1. The van der Waals surface area contributed by atoms with Crippen molar-refractivity contribution in [3.8, 4) is 0 Å². The zero-order valence-corrected chi connectivity index (χ0v) is 14.9. The molecule has 1 aliphatic heterocycles. The summed E-state index contributed by atoms with van der Waals surface area (Å²) in [6.45, 7) is 6.04. The maximum atomic E-state index is 12.7. The van der Waals surface area contributed by atoms with Gasteiger partial charge >= 0.3 is 0 Å². The summed E-state index contributed by atoms with van der Waals surface area (Å²) in [6.07, 6.45) is 3.60. The molecule has 0 atom stereocenters. The van der Waals surface area contributed by atoms with Crippen molar-refractivity contribution in [1.29, 1.82) is 0 Å². The standard InChI is InChI=1S/C19H26N4O2/c1-14(2)23-18(7-10-20-23)19(25)21-16-5-3-4-6-17(16)22-11-8-15(13-24)9-12-22/h3-7,10,14-15,24H,8-9,11-13H2,1-2H3,(H,21,25). The van der Waals surface area contributed by atoms with E-state index in [9.17, 15) is 9.90 Å². The lowest BCUT2D eigenvalue weighted by atomic mass is 9.97. The van der Waals surface area contributed by atoms with Gasteiger partial charge in [0.2, 0.25) is 0 Å². The molecule has 6 nitrogen and oxygen atoms in total. The van der Waals surface area contributed by atoms with Crippen LogP contribution in [-0.2, 0) is 0 Å². The van der Waals surface area contributed by atoms with Gasteiger partial charge in [0.05, 0.1) is 11.4 Å². The minimum Gasteiger partial charge on any atom is -0.396 e. The van der Waals surface area contributed by atoms with Gasteiger partial charge in [0.15, 0.2) is 0 Å². The van der Waals surface area contributed by atoms with Crippen LogP contribution in [0.2, 0.25) is 0 Å². The lowest BCUT2D eigenvalue weighted by molar-refractivity contribution is 0.101. The van der Waals surface area contributed by atoms with Crippen molar-refractivity contribution in [2.24, 2.45) is 5.92 Å². The third kappa shape index (κ3) is 3.85. The molecule has 0 bridgehead atoms. The Morgan fingerprint density at radius 3 is 2.68 bits per heavy atom. The van der Waals surface area contributed by atoms with E-state index in [0.717, 1.165) is 37.3 Å². The molecule has 1 aromatic heterocycles. The fraction of sp³-hybridized carbons (Fsp3) is 0.474. The van der Waals surface area contributed by atoms with Crippen molar-refractivity contribution in [2.75, 3.05) is 29.9 Å². The Labute approximate surface area is 148 Å². The number of hydrogen-bond acceptors (Lipinski definition) is 4. The van der Waals surface area contributed by atoms with Gasteiger partial charge in [-0.3, -0.25) is 9.48 Å². The van der Waals surface area contributed by atoms with E-state index in [-0.39, 0.29) is 18.6 Å². The van der Waals surface area contributed by atoms with Crippen molar-refractivity contribution in [2.45, 2.75) is 32.7 Å². The Bertz CT molecular complexity index is 718. The monoisotopic (exact) mass is 342 g/mol. The topological polar surface area (TPSA) is 70.4 Å². The average Bonchev–Trinajstić information content (AvgIpc) is 3.12. The minimum atomic E-state index is -0.149. The zero-order chi connectivity index (χ0) is 17.8. The van der Waals surface area contributed by atoms with Gasteiger partial charge < -0.3 is 15.3 Å². The second-order valence-electron chi connectivity index (χ2n) is 6.84. The van der Waals surface area contributed by atoms with Gasteiger partial charge in [-0.15, -0.1) is 0 Å². The maximum absolute atomic E-state index is 12.7. The number of benzene rings is 1.